The van der Waals surface area contributed by atoms with Crippen molar-refractivity contribution in [3.8, 4) is 51.0 Å². The highest BCUT2D eigenvalue weighted by molar-refractivity contribution is 6.17. The average Bonchev–Trinajstić information content (AvgIpc) is 3.72. The number of nitrogens with zero attached hydrogens (tertiary/aromatic N) is 5. The highest BCUT2D eigenvalue weighted by atomic mass is 16.3. The molecule has 0 fully saturated rings. The second-order valence-electron chi connectivity index (χ2n) is 12.4. The summed E-state index contributed by atoms with van der Waals surface area (Å²) in [7, 11) is 0. The van der Waals surface area contributed by atoms with E-state index < -0.39 is 0 Å². The Labute approximate surface area is 287 Å². The maximum Gasteiger partial charge on any atom is 0.165 e. The third-order valence-electron chi connectivity index (χ3n) is 9.32. The van der Waals surface area contributed by atoms with Crippen molar-refractivity contribution < 1.29 is 4.42 Å². The molecule has 0 saturated heterocycles. The first kappa shape index (κ1) is 28.1. The number of hydrogen-bond donors (Lipinski definition) is 0. The number of para-hydroxylation sites is 2. The number of aromatic nitrogens is 5. The molecule has 50 heavy (non-hydrogen) atoms. The van der Waals surface area contributed by atoms with Crippen LogP contribution in [0.3, 0.4) is 0 Å². The van der Waals surface area contributed by atoms with Crippen molar-refractivity contribution >= 4 is 43.7 Å². The van der Waals surface area contributed by atoms with Crippen LogP contribution < -0.4 is 0 Å². The SMILES string of the molecule is c1ccc(-c2cccc(-c3nc(-c4cccnc4)nc(-c4ccc5oc6cc7c8ccccc8n(-c8ccccc8)c7cc6c5c4)n3)c2)cc1. The largest absolute Gasteiger partial charge is 0.456 e. The molecule has 6 aromatic carbocycles. The molecule has 0 amide bonds. The molecule has 0 aliphatic carbocycles. The van der Waals surface area contributed by atoms with Crippen molar-refractivity contribution in [3.05, 3.63) is 164 Å². The van der Waals surface area contributed by atoms with Gasteiger partial charge in [-0.1, -0.05) is 84.9 Å². The topological polar surface area (TPSA) is 69.6 Å². The van der Waals surface area contributed by atoms with E-state index in [2.05, 4.69) is 101 Å². The lowest BCUT2D eigenvalue weighted by molar-refractivity contribution is 0.669. The molecule has 6 nitrogen and oxygen atoms in total. The predicted octanol–water partition coefficient (Wildman–Crippen LogP) is 10.9. The smallest absolute Gasteiger partial charge is 0.165 e. The van der Waals surface area contributed by atoms with Gasteiger partial charge in [0.1, 0.15) is 11.2 Å². The van der Waals surface area contributed by atoms with Gasteiger partial charge in [-0.25, -0.2) is 15.0 Å². The minimum absolute atomic E-state index is 0.564. The van der Waals surface area contributed by atoms with Gasteiger partial charge in [0.05, 0.1) is 11.0 Å². The summed E-state index contributed by atoms with van der Waals surface area (Å²) < 4.78 is 8.81. The zero-order chi connectivity index (χ0) is 33.0. The highest BCUT2D eigenvalue weighted by Gasteiger charge is 2.18. The molecule has 4 heterocycles. The van der Waals surface area contributed by atoms with E-state index in [0.29, 0.717) is 17.5 Å². The standard InChI is InChI=1S/C44H27N5O/c1-3-11-28(12-4-1)29-13-9-14-30(23-29)42-46-43(48-44(47-42)32-15-10-22-45-27-32)31-20-21-40-36(24-31)37-25-39-35(26-41(37)50-40)34-18-7-8-19-38(34)49(39)33-16-5-2-6-17-33/h1-27H. The number of rotatable bonds is 5. The Balaban J connectivity index is 1.17. The maximum atomic E-state index is 6.49. The summed E-state index contributed by atoms with van der Waals surface area (Å²) in [5, 5.41) is 4.37. The van der Waals surface area contributed by atoms with Crippen LogP contribution in [0.2, 0.25) is 0 Å². The molecular formula is C44H27N5O. The van der Waals surface area contributed by atoms with Crippen molar-refractivity contribution in [1.29, 1.82) is 0 Å². The Kier molecular flexibility index (Phi) is 6.39. The van der Waals surface area contributed by atoms with E-state index in [9.17, 15) is 0 Å². The van der Waals surface area contributed by atoms with Crippen molar-refractivity contribution in [2.75, 3.05) is 0 Å². The average molecular weight is 642 g/mol. The second kappa shape index (κ2) is 11.4. The number of pyridine rings is 1. The fourth-order valence-electron chi connectivity index (χ4n) is 6.96. The van der Waals surface area contributed by atoms with Crippen LogP contribution in [0.4, 0.5) is 0 Å². The van der Waals surface area contributed by atoms with Gasteiger partial charge in [-0.05, 0) is 77.9 Å². The van der Waals surface area contributed by atoms with E-state index in [4.69, 9.17) is 19.4 Å². The zero-order valence-electron chi connectivity index (χ0n) is 26.7. The van der Waals surface area contributed by atoms with Gasteiger partial charge in [0.15, 0.2) is 17.5 Å². The number of fused-ring (bicyclic) bond motifs is 6. The van der Waals surface area contributed by atoms with E-state index in [-0.39, 0.29) is 0 Å². The maximum absolute atomic E-state index is 6.49. The lowest BCUT2D eigenvalue weighted by atomic mass is 10.0. The third-order valence-corrected chi connectivity index (χ3v) is 9.32. The number of hydrogen-bond acceptors (Lipinski definition) is 5. The van der Waals surface area contributed by atoms with Gasteiger partial charge in [-0.2, -0.15) is 0 Å². The summed E-state index contributed by atoms with van der Waals surface area (Å²) in [6, 6.07) is 52.2. The minimum Gasteiger partial charge on any atom is -0.456 e. The van der Waals surface area contributed by atoms with Crippen molar-refractivity contribution in [1.82, 2.24) is 24.5 Å². The van der Waals surface area contributed by atoms with Gasteiger partial charge < -0.3 is 8.98 Å². The van der Waals surface area contributed by atoms with E-state index in [1.807, 2.05) is 60.7 Å². The number of benzene rings is 6. The van der Waals surface area contributed by atoms with Crippen LogP contribution >= 0.6 is 0 Å². The Morgan fingerprint density at radius 3 is 1.86 bits per heavy atom. The highest BCUT2D eigenvalue weighted by Crippen LogP contribution is 2.39. The van der Waals surface area contributed by atoms with Crippen LogP contribution in [-0.4, -0.2) is 24.5 Å². The summed E-state index contributed by atoms with van der Waals surface area (Å²) >= 11 is 0. The van der Waals surface area contributed by atoms with Crippen molar-refractivity contribution in [2.45, 2.75) is 0 Å². The molecule has 0 spiro atoms. The quantitative estimate of drug-likeness (QED) is 0.187. The summed E-state index contributed by atoms with van der Waals surface area (Å²) in [6.45, 7) is 0. The van der Waals surface area contributed by atoms with E-state index in [1.165, 1.54) is 5.39 Å². The first-order valence-electron chi connectivity index (χ1n) is 16.5. The molecule has 0 N–H and O–H groups in total. The van der Waals surface area contributed by atoms with Gasteiger partial charge in [0, 0.05) is 56.3 Å². The van der Waals surface area contributed by atoms with Gasteiger partial charge in [0.2, 0.25) is 0 Å². The lowest BCUT2D eigenvalue weighted by Gasteiger charge is -2.09. The summed E-state index contributed by atoms with van der Waals surface area (Å²) in [4.78, 5) is 19.3. The van der Waals surface area contributed by atoms with Gasteiger partial charge in [-0.3, -0.25) is 4.98 Å². The van der Waals surface area contributed by atoms with Crippen molar-refractivity contribution in [3.63, 3.8) is 0 Å². The fourth-order valence-corrected chi connectivity index (χ4v) is 6.96. The third kappa shape index (κ3) is 4.65. The Hall–Kier alpha value is -6.92. The second-order valence-corrected chi connectivity index (χ2v) is 12.4. The van der Waals surface area contributed by atoms with Crippen LogP contribution in [0.5, 0.6) is 0 Å². The van der Waals surface area contributed by atoms with Crippen LogP contribution in [-0.2, 0) is 0 Å². The molecule has 0 aliphatic rings. The molecule has 0 saturated carbocycles. The summed E-state index contributed by atoms with van der Waals surface area (Å²) in [5.41, 5.74) is 9.87. The Bertz CT molecular complexity index is 2860. The van der Waals surface area contributed by atoms with Gasteiger partial charge in [-0.15, -0.1) is 0 Å². The Morgan fingerprint density at radius 2 is 1.06 bits per heavy atom. The van der Waals surface area contributed by atoms with Crippen LogP contribution in [0, 0.1) is 0 Å². The molecule has 10 rings (SSSR count). The van der Waals surface area contributed by atoms with Crippen molar-refractivity contribution in [2.24, 2.45) is 0 Å². The minimum atomic E-state index is 0.564. The monoisotopic (exact) mass is 641 g/mol. The first-order chi connectivity index (χ1) is 24.8. The van der Waals surface area contributed by atoms with Crippen LogP contribution in [0.1, 0.15) is 0 Å². The lowest BCUT2D eigenvalue weighted by Crippen LogP contribution is -2.00. The summed E-state index contributed by atoms with van der Waals surface area (Å²) in [6.07, 6.45) is 3.54. The molecule has 10 aromatic rings. The predicted molar refractivity (Wildman–Crippen MR) is 201 cm³/mol. The van der Waals surface area contributed by atoms with Gasteiger partial charge >= 0.3 is 0 Å². The molecule has 234 valence electrons. The molecule has 0 unspecified atom stereocenters. The summed E-state index contributed by atoms with van der Waals surface area (Å²) in [5.74, 6) is 1.74. The normalized spacial score (nSPS) is 11.6. The molecule has 0 bridgehead atoms. The molecule has 0 aliphatic heterocycles. The van der Waals surface area contributed by atoms with Crippen LogP contribution in [0.25, 0.3) is 94.7 Å². The first-order valence-corrected chi connectivity index (χ1v) is 16.5. The molecule has 4 aromatic heterocycles. The molecule has 0 atom stereocenters. The Morgan fingerprint density at radius 1 is 0.400 bits per heavy atom. The van der Waals surface area contributed by atoms with E-state index >= 15 is 0 Å². The molecule has 6 heteroatoms. The molecular weight excluding hydrogens is 615 g/mol. The fraction of sp³-hybridized carbons (Fsp3) is 0. The van der Waals surface area contributed by atoms with E-state index in [0.717, 1.165) is 71.9 Å². The molecule has 0 radical (unpaired) electrons. The number of furan rings is 1. The zero-order valence-corrected chi connectivity index (χ0v) is 26.7. The van der Waals surface area contributed by atoms with Crippen LogP contribution in [0.15, 0.2) is 168 Å². The van der Waals surface area contributed by atoms with E-state index in [1.54, 1.807) is 12.4 Å². The van der Waals surface area contributed by atoms with Gasteiger partial charge in [0.25, 0.3) is 0 Å².